The van der Waals surface area contributed by atoms with Crippen molar-refractivity contribution in [2.75, 3.05) is 13.6 Å². The minimum Gasteiger partial charge on any atom is -0.508 e. The van der Waals surface area contributed by atoms with Crippen molar-refractivity contribution in [3.8, 4) is 5.75 Å². The van der Waals surface area contributed by atoms with E-state index >= 15 is 0 Å². The number of carboxylic acids is 2. The molecule has 5 aromatic rings. The number of rotatable bonds is 30. The van der Waals surface area contributed by atoms with E-state index in [4.69, 9.17) is 11.5 Å². The third-order valence-electron chi connectivity index (χ3n) is 13.2. The lowest BCUT2D eigenvalue weighted by Gasteiger charge is -2.34. The summed E-state index contributed by atoms with van der Waals surface area (Å²) in [5.41, 5.74) is 14.5. The summed E-state index contributed by atoms with van der Waals surface area (Å²) in [4.78, 5) is 139. The van der Waals surface area contributed by atoms with Crippen molar-refractivity contribution in [1.29, 1.82) is 0 Å². The molecular weight excluding hydrogens is 1020 g/mol. The number of para-hydroxylation sites is 1. The summed E-state index contributed by atoms with van der Waals surface area (Å²) >= 11 is 0. The number of amides is 8. The Morgan fingerprint density at radius 1 is 0.608 bits per heavy atom. The van der Waals surface area contributed by atoms with Gasteiger partial charge in [-0.15, -0.1) is 0 Å². The largest absolute Gasteiger partial charge is 0.508 e. The maximum absolute atomic E-state index is 15.0. The second kappa shape index (κ2) is 29.4. The summed E-state index contributed by atoms with van der Waals surface area (Å²) in [7, 11) is 1.33. The number of aromatic hydroxyl groups is 1. The number of carbonyl (C=O) groups excluding carboxylic acids is 8. The van der Waals surface area contributed by atoms with Crippen molar-refractivity contribution in [3.63, 3.8) is 0 Å². The molecule has 8 amide bonds. The van der Waals surface area contributed by atoms with E-state index in [-0.39, 0.29) is 31.4 Å². The number of nitrogens with two attached hydrogens (primary N) is 2. The highest BCUT2D eigenvalue weighted by Crippen LogP contribution is 2.29. The number of carbonyl (C=O) groups is 10. The quantitative estimate of drug-likeness (QED) is 0.0306. The first-order chi connectivity index (χ1) is 37.6. The molecular formula is C56H68N10O13. The van der Waals surface area contributed by atoms with Crippen LogP contribution in [0.25, 0.3) is 10.9 Å². The number of primary amides is 1. The van der Waals surface area contributed by atoms with Gasteiger partial charge in [-0.25, -0.2) is 0 Å². The standard InChI is InChI=1S/C56H68N10O13/c1-4-5-20-45(55(78)64-44(29-48(71)72)54(77)61-41(50(58)73)25-33-14-8-6-9-15-33)66(3)56(79)49(32(2)38-30-59-40-19-13-12-18-37(38)40)65-46(68)31-60-52(75)42(26-34-16-10-7-11-17-34)63-53(76)43(27-35-21-23-36(67)24-22-35)62-51(74)39(57)28-47(69)70/h6-19,21-24,30,32,39,41-45,49,59,67H,4-5,20,25-29,31,57H2,1-3H3,(H2,58,73)(H,60,75)(H,61,77)(H,62,74)(H,63,76)(H,64,78)(H,65,68)(H,69,70)(H,71,72)/t32-,39+,41+,42-,43+,44+,45+,49+/m1/s1. The number of fused-ring (bicyclic) bond motifs is 1. The van der Waals surface area contributed by atoms with E-state index in [0.717, 1.165) is 4.90 Å². The van der Waals surface area contributed by atoms with E-state index in [1.54, 1.807) is 85.9 Å². The van der Waals surface area contributed by atoms with Gasteiger partial charge in [0.1, 0.15) is 42.0 Å². The number of hydrogen-bond donors (Lipinski definition) is 12. The molecule has 0 bridgehead atoms. The van der Waals surface area contributed by atoms with Gasteiger partial charge >= 0.3 is 11.9 Å². The molecule has 14 N–H and O–H groups in total. The predicted molar refractivity (Wildman–Crippen MR) is 289 cm³/mol. The second-order valence-corrected chi connectivity index (χ2v) is 19.1. The second-order valence-electron chi connectivity index (χ2n) is 19.1. The molecule has 79 heavy (non-hydrogen) atoms. The topological polar surface area (TPSA) is 375 Å². The van der Waals surface area contributed by atoms with Crippen LogP contribution in [-0.2, 0) is 67.2 Å². The molecule has 0 aliphatic heterocycles. The van der Waals surface area contributed by atoms with Crippen LogP contribution < -0.4 is 43.4 Å². The number of H-pyrrole nitrogens is 1. The molecule has 0 saturated heterocycles. The van der Waals surface area contributed by atoms with Gasteiger partial charge in [-0.05, 0) is 46.9 Å². The summed E-state index contributed by atoms with van der Waals surface area (Å²) in [6.45, 7) is 2.78. The molecule has 0 saturated carbocycles. The van der Waals surface area contributed by atoms with Crippen LogP contribution in [0.2, 0.25) is 0 Å². The zero-order valence-corrected chi connectivity index (χ0v) is 44.0. The maximum Gasteiger partial charge on any atom is 0.305 e. The smallest absolute Gasteiger partial charge is 0.305 e. The molecule has 0 unspecified atom stereocenters. The van der Waals surface area contributed by atoms with Crippen LogP contribution in [0.3, 0.4) is 0 Å². The van der Waals surface area contributed by atoms with Crippen LogP contribution in [0.4, 0.5) is 0 Å². The number of unbranched alkanes of at least 4 members (excludes halogenated alkanes) is 1. The SMILES string of the molecule is CCCC[C@@H](C(=O)N[C@@H](CC(=O)O)C(=O)N[C@@H](Cc1ccccc1)C(N)=O)N(C)C(=O)[C@@H](NC(=O)CNC(=O)[C@@H](Cc1ccccc1)NC(=O)[C@H](Cc1ccc(O)cc1)NC(=O)[C@@H](N)CC(=O)O)[C@H](C)c1c[nH]c2ccccc12. The Labute approximate surface area is 455 Å². The molecule has 0 fully saturated rings. The highest BCUT2D eigenvalue weighted by molar-refractivity contribution is 5.99. The Balaban J connectivity index is 1.40. The van der Waals surface area contributed by atoms with E-state index in [9.17, 15) is 63.3 Å². The van der Waals surface area contributed by atoms with Crippen LogP contribution >= 0.6 is 0 Å². The molecule has 420 valence electrons. The van der Waals surface area contributed by atoms with E-state index in [1.807, 2.05) is 19.1 Å². The normalized spacial score (nSPS) is 14.1. The number of phenolic OH excluding ortho intramolecular Hbond substituents is 1. The van der Waals surface area contributed by atoms with Crippen molar-refractivity contribution in [2.45, 2.75) is 113 Å². The number of nitrogens with one attached hydrogen (secondary N) is 7. The van der Waals surface area contributed by atoms with E-state index in [0.29, 0.717) is 46.0 Å². The van der Waals surface area contributed by atoms with E-state index in [2.05, 4.69) is 36.9 Å². The molecule has 0 spiro atoms. The Morgan fingerprint density at radius 2 is 1.11 bits per heavy atom. The molecule has 5 rings (SSSR count). The van der Waals surface area contributed by atoms with Crippen LogP contribution in [0.5, 0.6) is 5.75 Å². The van der Waals surface area contributed by atoms with Gasteiger partial charge in [0.05, 0.1) is 25.4 Å². The highest BCUT2D eigenvalue weighted by atomic mass is 16.4. The minimum absolute atomic E-state index is 0.0264. The van der Waals surface area contributed by atoms with Gasteiger partial charge in [0.2, 0.25) is 47.3 Å². The van der Waals surface area contributed by atoms with Crippen LogP contribution in [0, 0.1) is 0 Å². The third-order valence-corrected chi connectivity index (χ3v) is 13.2. The third kappa shape index (κ3) is 18.3. The van der Waals surface area contributed by atoms with Gasteiger partial charge in [-0.2, -0.15) is 0 Å². The molecule has 23 heteroatoms. The lowest BCUT2D eigenvalue weighted by molar-refractivity contribution is -0.144. The maximum atomic E-state index is 15.0. The fourth-order valence-electron chi connectivity index (χ4n) is 8.80. The summed E-state index contributed by atoms with van der Waals surface area (Å²) in [5.74, 6) is -10.9. The summed E-state index contributed by atoms with van der Waals surface area (Å²) in [5, 5.41) is 44.9. The number of aromatic amines is 1. The van der Waals surface area contributed by atoms with Crippen LogP contribution in [0.1, 0.15) is 74.1 Å². The molecule has 23 nitrogen and oxygen atoms in total. The molecule has 1 aromatic heterocycles. The van der Waals surface area contributed by atoms with Gasteiger partial charge in [0.15, 0.2) is 0 Å². The lowest BCUT2D eigenvalue weighted by atomic mass is 9.91. The van der Waals surface area contributed by atoms with Crippen molar-refractivity contribution in [1.82, 2.24) is 41.8 Å². The average Bonchev–Trinajstić information content (AvgIpc) is 3.93. The lowest BCUT2D eigenvalue weighted by Crippen LogP contribution is -2.60. The average molecular weight is 1090 g/mol. The first-order valence-corrected chi connectivity index (χ1v) is 25.6. The summed E-state index contributed by atoms with van der Waals surface area (Å²) in [6, 6.07) is 20.0. The highest BCUT2D eigenvalue weighted by Gasteiger charge is 2.38. The summed E-state index contributed by atoms with van der Waals surface area (Å²) in [6.07, 6.45) is 0.682. The zero-order chi connectivity index (χ0) is 57.8. The first kappa shape index (κ1) is 60.7. The van der Waals surface area contributed by atoms with Crippen LogP contribution in [0.15, 0.2) is 115 Å². The fraction of sp³-hybridized carbons (Fsp3) is 0.357. The Morgan fingerprint density at radius 3 is 1.70 bits per heavy atom. The number of aliphatic carboxylic acids is 2. The monoisotopic (exact) mass is 1090 g/mol. The van der Waals surface area contributed by atoms with Gasteiger partial charge in [0, 0.05) is 49.3 Å². The Kier molecular flexibility index (Phi) is 22.6. The Hall–Kier alpha value is -9.12. The molecule has 8 atom stereocenters. The van der Waals surface area contributed by atoms with Crippen molar-refractivity contribution in [2.24, 2.45) is 11.5 Å². The van der Waals surface area contributed by atoms with E-state index in [1.165, 1.54) is 31.3 Å². The van der Waals surface area contributed by atoms with Crippen molar-refractivity contribution < 1.29 is 63.3 Å². The number of hydrogen-bond acceptors (Lipinski definition) is 12. The zero-order valence-electron chi connectivity index (χ0n) is 44.0. The van der Waals surface area contributed by atoms with E-state index < -0.39 is 127 Å². The summed E-state index contributed by atoms with van der Waals surface area (Å²) < 4.78 is 0. The predicted octanol–water partition coefficient (Wildman–Crippen LogP) is 1.02. The van der Waals surface area contributed by atoms with Gasteiger partial charge in [-0.1, -0.05) is 118 Å². The van der Waals surface area contributed by atoms with Gasteiger partial charge in [0.25, 0.3) is 0 Å². The number of nitrogens with zero attached hydrogens (tertiary/aromatic N) is 1. The van der Waals surface area contributed by atoms with Crippen molar-refractivity contribution in [3.05, 3.63) is 138 Å². The van der Waals surface area contributed by atoms with Crippen LogP contribution in [-0.4, -0.2) is 140 Å². The number of phenols is 1. The number of likely N-dealkylation sites (N-methyl/N-ethyl adjacent to an activating group) is 1. The first-order valence-electron chi connectivity index (χ1n) is 25.6. The molecule has 4 aromatic carbocycles. The molecule has 0 radical (unpaired) electrons. The molecule has 0 aliphatic carbocycles. The fourth-order valence-corrected chi connectivity index (χ4v) is 8.80. The van der Waals surface area contributed by atoms with Crippen molar-refractivity contribution >= 4 is 70.1 Å². The number of carboxylic acid groups (broad SMARTS) is 2. The molecule has 1 heterocycles. The Bertz CT molecular complexity index is 2940. The number of benzene rings is 4. The van der Waals surface area contributed by atoms with Gasteiger partial charge < -0.3 is 68.6 Å². The number of aromatic nitrogens is 1. The van der Waals surface area contributed by atoms with Gasteiger partial charge in [-0.3, -0.25) is 47.9 Å². The minimum atomic E-state index is -1.72. The molecule has 0 aliphatic rings.